The number of aryl methyl sites for hydroxylation is 2. The summed E-state index contributed by atoms with van der Waals surface area (Å²) in [6.07, 6.45) is 0.788. The van der Waals surface area contributed by atoms with E-state index in [1.54, 1.807) is 0 Å². The zero-order chi connectivity index (χ0) is 14.0. The van der Waals surface area contributed by atoms with Crippen molar-refractivity contribution >= 4 is 0 Å². The Morgan fingerprint density at radius 2 is 1.63 bits per heavy atom. The lowest BCUT2D eigenvalue weighted by Gasteiger charge is -2.11. The average molecular weight is 254 g/mol. The number of rotatable bonds is 3. The third kappa shape index (κ3) is 3.17. The molecular weight excluding hydrogens is 232 g/mol. The zero-order valence-electron chi connectivity index (χ0n) is 12.2. The summed E-state index contributed by atoms with van der Waals surface area (Å²) in [6.45, 7) is 8.47. The molecule has 1 N–H and O–H groups in total. The van der Waals surface area contributed by atoms with Gasteiger partial charge in [-0.25, -0.2) is 0 Å². The second kappa shape index (κ2) is 5.48. The summed E-state index contributed by atoms with van der Waals surface area (Å²) in [5.41, 5.74) is 5.89. The summed E-state index contributed by atoms with van der Waals surface area (Å²) in [6, 6.07) is 12.6. The normalized spacial score (nSPS) is 11.0. The first-order chi connectivity index (χ1) is 8.97. The van der Waals surface area contributed by atoms with Crippen molar-refractivity contribution < 1.29 is 5.11 Å². The first-order valence-corrected chi connectivity index (χ1v) is 6.85. The molecule has 0 spiro atoms. The Kier molecular flexibility index (Phi) is 3.94. The van der Waals surface area contributed by atoms with Crippen LogP contribution < -0.4 is 0 Å². The Morgan fingerprint density at radius 1 is 1.00 bits per heavy atom. The molecule has 0 atom stereocenters. The summed E-state index contributed by atoms with van der Waals surface area (Å²) < 4.78 is 0. The van der Waals surface area contributed by atoms with E-state index in [1.165, 1.54) is 11.1 Å². The van der Waals surface area contributed by atoms with E-state index in [0.717, 1.165) is 23.1 Å². The Labute approximate surface area is 115 Å². The molecule has 19 heavy (non-hydrogen) atoms. The van der Waals surface area contributed by atoms with Gasteiger partial charge in [0, 0.05) is 12.0 Å². The summed E-state index contributed by atoms with van der Waals surface area (Å²) in [5.74, 6) is 0.967. The molecule has 0 saturated carbocycles. The van der Waals surface area contributed by atoms with Crippen molar-refractivity contribution in [2.75, 3.05) is 0 Å². The first-order valence-electron chi connectivity index (χ1n) is 6.85. The van der Waals surface area contributed by atoms with E-state index >= 15 is 0 Å². The zero-order valence-corrected chi connectivity index (χ0v) is 12.2. The van der Waals surface area contributed by atoms with Gasteiger partial charge in [0.2, 0.25) is 0 Å². The van der Waals surface area contributed by atoms with Crippen molar-refractivity contribution in [2.24, 2.45) is 0 Å². The predicted octanol–water partition coefficient (Wildman–Crippen LogP) is 4.72. The van der Waals surface area contributed by atoms with Crippen LogP contribution in [0.5, 0.6) is 5.75 Å². The molecule has 2 rings (SSSR count). The quantitative estimate of drug-likeness (QED) is 0.840. The highest BCUT2D eigenvalue weighted by Crippen LogP contribution is 2.26. The second-order valence-corrected chi connectivity index (χ2v) is 5.65. The van der Waals surface area contributed by atoms with Gasteiger partial charge in [-0.3, -0.25) is 0 Å². The van der Waals surface area contributed by atoms with Crippen LogP contribution >= 0.6 is 0 Å². The van der Waals surface area contributed by atoms with Crippen molar-refractivity contribution in [3.8, 4) is 5.75 Å². The molecule has 0 saturated heterocycles. The summed E-state index contributed by atoms with van der Waals surface area (Å²) in [5, 5.41) is 10.1. The number of hydrogen-bond acceptors (Lipinski definition) is 1. The third-order valence-corrected chi connectivity index (χ3v) is 3.62. The molecule has 0 unspecified atom stereocenters. The van der Waals surface area contributed by atoms with Crippen LogP contribution in [-0.2, 0) is 6.42 Å². The van der Waals surface area contributed by atoms with Gasteiger partial charge in [0.25, 0.3) is 0 Å². The highest BCUT2D eigenvalue weighted by atomic mass is 16.3. The number of phenols is 1. The molecule has 1 nitrogen and oxygen atoms in total. The summed E-state index contributed by atoms with van der Waals surface area (Å²) >= 11 is 0. The third-order valence-electron chi connectivity index (χ3n) is 3.62. The monoisotopic (exact) mass is 254 g/mol. The lowest BCUT2D eigenvalue weighted by atomic mass is 9.95. The SMILES string of the molecule is Cc1cc(C)c(Cc2ccc(C(C)C)cc2)c(O)c1. The van der Waals surface area contributed by atoms with Crippen LogP contribution in [0.3, 0.4) is 0 Å². The summed E-state index contributed by atoms with van der Waals surface area (Å²) in [4.78, 5) is 0. The maximum absolute atomic E-state index is 10.1. The molecule has 2 aromatic rings. The molecule has 0 heterocycles. The molecule has 0 aliphatic heterocycles. The Balaban J connectivity index is 2.26. The number of hydrogen-bond donors (Lipinski definition) is 1. The number of aromatic hydroxyl groups is 1. The molecule has 0 aliphatic rings. The minimum atomic E-state index is 0.408. The molecular formula is C18H22O. The molecule has 0 amide bonds. The summed E-state index contributed by atoms with van der Waals surface area (Å²) in [7, 11) is 0. The van der Waals surface area contributed by atoms with E-state index in [0.29, 0.717) is 11.7 Å². The molecule has 0 radical (unpaired) electrons. The van der Waals surface area contributed by atoms with Crippen LogP contribution in [0, 0.1) is 13.8 Å². The molecule has 2 aromatic carbocycles. The molecule has 0 aromatic heterocycles. The van der Waals surface area contributed by atoms with Crippen molar-refractivity contribution in [1.29, 1.82) is 0 Å². The molecule has 0 bridgehead atoms. The fourth-order valence-electron chi connectivity index (χ4n) is 2.43. The van der Waals surface area contributed by atoms with E-state index in [2.05, 4.69) is 51.1 Å². The van der Waals surface area contributed by atoms with Crippen LogP contribution in [0.1, 0.15) is 47.6 Å². The van der Waals surface area contributed by atoms with Crippen molar-refractivity contribution in [3.05, 3.63) is 64.2 Å². The van der Waals surface area contributed by atoms with Crippen molar-refractivity contribution in [2.45, 2.75) is 40.0 Å². The van der Waals surface area contributed by atoms with Crippen LogP contribution in [0.2, 0.25) is 0 Å². The van der Waals surface area contributed by atoms with Gasteiger partial charge in [0.15, 0.2) is 0 Å². The topological polar surface area (TPSA) is 20.2 Å². The van der Waals surface area contributed by atoms with E-state index in [4.69, 9.17) is 0 Å². The van der Waals surface area contributed by atoms with Crippen LogP contribution in [-0.4, -0.2) is 5.11 Å². The molecule has 1 heteroatoms. The largest absolute Gasteiger partial charge is 0.508 e. The second-order valence-electron chi connectivity index (χ2n) is 5.65. The smallest absolute Gasteiger partial charge is 0.119 e. The van der Waals surface area contributed by atoms with E-state index in [1.807, 2.05) is 13.0 Å². The minimum absolute atomic E-state index is 0.408. The van der Waals surface area contributed by atoms with E-state index in [9.17, 15) is 5.11 Å². The van der Waals surface area contributed by atoms with Crippen LogP contribution in [0.15, 0.2) is 36.4 Å². The minimum Gasteiger partial charge on any atom is -0.508 e. The van der Waals surface area contributed by atoms with Gasteiger partial charge in [-0.05, 0) is 48.1 Å². The number of phenolic OH excluding ortho intramolecular Hbond substituents is 1. The molecule has 100 valence electrons. The molecule has 0 fully saturated rings. The number of benzene rings is 2. The predicted molar refractivity (Wildman–Crippen MR) is 80.9 cm³/mol. The molecule has 0 aliphatic carbocycles. The van der Waals surface area contributed by atoms with Gasteiger partial charge in [0.1, 0.15) is 5.75 Å². The standard InChI is InChI=1S/C18H22O/c1-12(2)16-7-5-15(6-8-16)11-17-14(4)9-13(3)10-18(17)19/h5-10,12,19H,11H2,1-4H3. The van der Waals surface area contributed by atoms with Crippen molar-refractivity contribution in [3.63, 3.8) is 0 Å². The highest BCUT2D eigenvalue weighted by molar-refractivity contribution is 5.45. The van der Waals surface area contributed by atoms with Gasteiger partial charge in [-0.2, -0.15) is 0 Å². The van der Waals surface area contributed by atoms with Gasteiger partial charge in [0.05, 0.1) is 0 Å². The Hall–Kier alpha value is -1.76. The Bertz CT molecular complexity index is 542. The lowest BCUT2D eigenvalue weighted by molar-refractivity contribution is 0.468. The van der Waals surface area contributed by atoms with Crippen LogP contribution in [0.4, 0.5) is 0 Å². The highest BCUT2D eigenvalue weighted by Gasteiger charge is 2.07. The Morgan fingerprint density at radius 3 is 2.16 bits per heavy atom. The maximum atomic E-state index is 10.1. The maximum Gasteiger partial charge on any atom is 0.119 e. The van der Waals surface area contributed by atoms with Gasteiger partial charge < -0.3 is 5.11 Å². The van der Waals surface area contributed by atoms with E-state index < -0.39 is 0 Å². The fourth-order valence-corrected chi connectivity index (χ4v) is 2.43. The lowest BCUT2D eigenvalue weighted by Crippen LogP contribution is -1.95. The first kappa shape index (κ1) is 13.7. The van der Waals surface area contributed by atoms with Gasteiger partial charge in [-0.15, -0.1) is 0 Å². The van der Waals surface area contributed by atoms with Gasteiger partial charge >= 0.3 is 0 Å². The van der Waals surface area contributed by atoms with Crippen molar-refractivity contribution in [1.82, 2.24) is 0 Å². The van der Waals surface area contributed by atoms with Gasteiger partial charge in [-0.1, -0.05) is 44.2 Å². The average Bonchev–Trinajstić information content (AvgIpc) is 2.34. The fraction of sp³-hybridized carbons (Fsp3) is 0.333. The van der Waals surface area contributed by atoms with E-state index in [-0.39, 0.29) is 0 Å². The van der Waals surface area contributed by atoms with Crippen LogP contribution in [0.25, 0.3) is 0 Å².